The minimum atomic E-state index is -4.88. The lowest BCUT2D eigenvalue weighted by Gasteiger charge is -2.28. The molecule has 0 spiro atoms. The molecule has 3 unspecified atom stereocenters. The first-order valence-corrected chi connectivity index (χ1v) is 14.2. The normalized spacial score (nSPS) is 16.1. The molecule has 0 aliphatic heterocycles. The highest BCUT2D eigenvalue weighted by Gasteiger charge is 2.44. The van der Waals surface area contributed by atoms with Crippen molar-refractivity contribution in [2.45, 2.75) is 69.2 Å². The van der Waals surface area contributed by atoms with E-state index < -0.39 is 63.2 Å². The van der Waals surface area contributed by atoms with Gasteiger partial charge in [-0.3, -0.25) is 24.7 Å². The third-order valence-electron chi connectivity index (χ3n) is 6.13. The predicted molar refractivity (Wildman–Crippen MR) is 137 cm³/mol. The number of carbonyl (C=O) groups is 3. The SMILES string of the molecule is CCC(NC(=O)C(CS(=O)(=O)Cc1cccnc1)NC(c1ccc(C)cc1)C(F)(F)F)C(=O)C(=O)NC1CC1. The molecule has 13 heteroatoms. The Morgan fingerprint density at radius 2 is 1.74 bits per heavy atom. The van der Waals surface area contributed by atoms with E-state index >= 15 is 0 Å². The zero-order valence-corrected chi connectivity index (χ0v) is 22.3. The Hall–Kier alpha value is -3.32. The number of alkyl halides is 3. The summed E-state index contributed by atoms with van der Waals surface area (Å²) >= 11 is 0. The monoisotopic (exact) mass is 568 g/mol. The lowest BCUT2D eigenvalue weighted by molar-refractivity contribution is -0.160. The lowest BCUT2D eigenvalue weighted by Crippen LogP contribution is -2.56. The molecule has 2 amide bonds. The first-order chi connectivity index (χ1) is 18.3. The van der Waals surface area contributed by atoms with Gasteiger partial charge < -0.3 is 10.6 Å². The highest BCUT2D eigenvalue weighted by Crippen LogP contribution is 2.33. The van der Waals surface area contributed by atoms with Crippen LogP contribution in [0.1, 0.15) is 48.9 Å². The van der Waals surface area contributed by atoms with Crippen molar-refractivity contribution >= 4 is 27.4 Å². The van der Waals surface area contributed by atoms with Crippen molar-refractivity contribution in [3.8, 4) is 0 Å². The molecule has 212 valence electrons. The van der Waals surface area contributed by atoms with Crippen molar-refractivity contribution in [1.29, 1.82) is 0 Å². The fraction of sp³-hybridized carbons (Fsp3) is 0.462. The van der Waals surface area contributed by atoms with Gasteiger partial charge in [-0.2, -0.15) is 13.2 Å². The molecule has 0 saturated heterocycles. The van der Waals surface area contributed by atoms with Gasteiger partial charge in [-0.05, 0) is 43.4 Å². The van der Waals surface area contributed by atoms with E-state index in [4.69, 9.17) is 0 Å². The van der Waals surface area contributed by atoms with Crippen LogP contribution in [0.3, 0.4) is 0 Å². The topological polar surface area (TPSA) is 134 Å². The van der Waals surface area contributed by atoms with Gasteiger partial charge in [0.05, 0.1) is 17.5 Å². The van der Waals surface area contributed by atoms with Gasteiger partial charge in [0.15, 0.2) is 9.84 Å². The fourth-order valence-corrected chi connectivity index (χ4v) is 5.41. The minimum Gasteiger partial charge on any atom is -0.347 e. The Morgan fingerprint density at radius 3 is 2.28 bits per heavy atom. The van der Waals surface area contributed by atoms with Crippen LogP contribution < -0.4 is 16.0 Å². The van der Waals surface area contributed by atoms with Gasteiger partial charge in [-0.1, -0.05) is 42.8 Å². The van der Waals surface area contributed by atoms with Crippen LogP contribution in [0.4, 0.5) is 13.2 Å². The molecular formula is C26H31F3N4O5S. The van der Waals surface area contributed by atoms with Crippen molar-refractivity contribution in [3.05, 3.63) is 65.5 Å². The van der Waals surface area contributed by atoms with Gasteiger partial charge in [0.1, 0.15) is 12.1 Å². The summed E-state index contributed by atoms with van der Waals surface area (Å²) in [6, 6.07) is 2.66. The maximum absolute atomic E-state index is 14.1. The Bertz CT molecular complexity index is 1270. The molecule has 0 bridgehead atoms. The molecule has 9 nitrogen and oxygen atoms in total. The molecule has 39 heavy (non-hydrogen) atoms. The molecule has 1 aromatic carbocycles. The standard InChI is InChI=1S/C26H31F3N4O5S/c1-3-20(22(34)25(36)31-19-10-11-19)33-24(35)21(15-39(37,38)14-17-5-4-12-30-13-17)32-23(26(27,28)29)18-8-6-16(2)7-9-18/h4-9,12-13,19-21,23,32H,3,10-11,14-15H2,1-2H3,(H,31,36)(H,33,35). The van der Waals surface area contributed by atoms with Crippen LogP contribution in [-0.2, 0) is 30.0 Å². The summed E-state index contributed by atoms with van der Waals surface area (Å²) < 4.78 is 68.4. The lowest BCUT2D eigenvalue weighted by atomic mass is 10.0. The van der Waals surface area contributed by atoms with Crippen molar-refractivity contribution in [2.75, 3.05) is 5.75 Å². The number of pyridine rings is 1. The molecule has 1 aliphatic carbocycles. The number of hydrogen-bond donors (Lipinski definition) is 3. The third-order valence-corrected chi connectivity index (χ3v) is 7.74. The van der Waals surface area contributed by atoms with Crippen molar-refractivity contribution in [3.63, 3.8) is 0 Å². The van der Waals surface area contributed by atoms with Gasteiger partial charge in [-0.25, -0.2) is 8.42 Å². The van der Waals surface area contributed by atoms with E-state index in [0.29, 0.717) is 11.1 Å². The number of nitrogens with one attached hydrogen (secondary N) is 3. The third kappa shape index (κ3) is 9.13. The molecule has 3 rings (SSSR count). The van der Waals surface area contributed by atoms with Gasteiger partial charge >= 0.3 is 6.18 Å². The van der Waals surface area contributed by atoms with Crippen LogP contribution >= 0.6 is 0 Å². The van der Waals surface area contributed by atoms with E-state index in [-0.39, 0.29) is 18.0 Å². The summed E-state index contributed by atoms with van der Waals surface area (Å²) in [5, 5.41) is 6.97. The number of nitrogens with zero attached hydrogens (tertiary/aromatic N) is 1. The number of aromatic nitrogens is 1. The molecule has 3 atom stereocenters. The highest BCUT2D eigenvalue weighted by molar-refractivity contribution is 7.90. The molecule has 1 heterocycles. The van der Waals surface area contributed by atoms with E-state index in [2.05, 4.69) is 20.9 Å². The van der Waals surface area contributed by atoms with Crippen LogP contribution in [0.2, 0.25) is 0 Å². The summed E-state index contributed by atoms with van der Waals surface area (Å²) in [4.78, 5) is 41.9. The predicted octanol–water partition coefficient (Wildman–Crippen LogP) is 2.31. The number of benzene rings is 1. The van der Waals surface area contributed by atoms with Gasteiger partial charge in [-0.15, -0.1) is 0 Å². The second-order valence-electron chi connectivity index (χ2n) is 9.60. The first-order valence-electron chi connectivity index (χ1n) is 12.4. The second kappa shape index (κ2) is 12.7. The van der Waals surface area contributed by atoms with Gasteiger partial charge in [0.2, 0.25) is 11.7 Å². The van der Waals surface area contributed by atoms with Gasteiger partial charge in [0.25, 0.3) is 5.91 Å². The van der Waals surface area contributed by atoms with Crippen LogP contribution in [-0.4, -0.2) is 61.1 Å². The largest absolute Gasteiger partial charge is 0.407 e. The van der Waals surface area contributed by atoms with Crippen molar-refractivity contribution in [2.24, 2.45) is 0 Å². The van der Waals surface area contributed by atoms with Crippen molar-refractivity contribution < 1.29 is 36.0 Å². The highest BCUT2D eigenvalue weighted by atomic mass is 32.2. The number of Topliss-reactive ketones (excluding diaryl/α,β-unsaturated/α-hetero) is 1. The number of sulfone groups is 1. The number of hydrogen-bond acceptors (Lipinski definition) is 7. The molecule has 3 N–H and O–H groups in total. The number of amides is 2. The number of ketones is 1. The average Bonchev–Trinajstić information content (AvgIpc) is 3.68. The molecule has 1 saturated carbocycles. The number of carbonyl (C=O) groups excluding carboxylic acids is 3. The van der Waals surface area contributed by atoms with E-state index in [0.717, 1.165) is 12.8 Å². The van der Waals surface area contributed by atoms with Gasteiger partial charge in [0, 0.05) is 18.4 Å². The van der Waals surface area contributed by atoms with Crippen LogP contribution in [0.15, 0.2) is 48.8 Å². The quantitative estimate of drug-likeness (QED) is 0.316. The fourth-order valence-electron chi connectivity index (χ4n) is 3.86. The van der Waals surface area contributed by atoms with E-state index in [1.807, 2.05) is 0 Å². The molecule has 1 aliphatic rings. The van der Waals surface area contributed by atoms with Crippen LogP contribution in [0, 0.1) is 6.92 Å². The Balaban J connectivity index is 1.87. The number of aryl methyl sites for hydroxylation is 1. The maximum Gasteiger partial charge on any atom is 0.407 e. The smallest absolute Gasteiger partial charge is 0.347 e. The number of rotatable bonds is 13. The summed E-state index contributed by atoms with van der Waals surface area (Å²) in [6.07, 6.45) is -0.731. The maximum atomic E-state index is 14.1. The number of halogens is 3. The van der Waals surface area contributed by atoms with E-state index in [1.54, 1.807) is 6.92 Å². The molecule has 0 radical (unpaired) electrons. The molecular weight excluding hydrogens is 537 g/mol. The second-order valence-corrected chi connectivity index (χ2v) is 11.7. The zero-order valence-electron chi connectivity index (χ0n) is 21.5. The summed E-state index contributed by atoms with van der Waals surface area (Å²) in [7, 11) is -4.14. The Labute approximate surface area is 224 Å². The molecule has 2 aromatic rings. The Kier molecular flexibility index (Phi) is 9.83. The zero-order chi connectivity index (χ0) is 28.8. The summed E-state index contributed by atoms with van der Waals surface area (Å²) in [5.41, 5.74) is 0.783. The molecule has 1 aromatic heterocycles. The first kappa shape index (κ1) is 30.2. The summed E-state index contributed by atoms with van der Waals surface area (Å²) in [5.74, 6) is -4.57. The molecule has 1 fully saturated rings. The van der Waals surface area contributed by atoms with E-state index in [9.17, 15) is 36.0 Å². The average molecular weight is 569 g/mol. The Morgan fingerprint density at radius 1 is 1.08 bits per heavy atom. The van der Waals surface area contributed by atoms with Crippen LogP contribution in [0.5, 0.6) is 0 Å². The minimum absolute atomic E-state index is 0.0293. The summed E-state index contributed by atoms with van der Waals surface area (Å²) in [6.45, 7) is 3.21. The van der Waals surface area contributed by atoms with Crippen molar-refractivity contribution in [1.82, 2.24) is 20.9 Å². The van der Waals surface area contributed by atoms with E-state index in [1.165, 1.54) is 55.7 Å². The van der Waals surface area contributed by atoms with Crippen LogP contribution in [0.25, 0.3) is 0 Å².